The topological polar surface area (TPSA) is 46.3 Å². The standard InChI is InChI=1S/C15H22N2O/c1-15(2,3)14(18)17(12-8-9-12)10-11-6-4-5-7-13(11)16/h4-7,12H,8-10,16H2,1-3H3. The molecule has 1 aliphatic carbocycles. The Hall–Kier alpha value is -1.51. The molecule has 0 bridgehead atoms. The van der Waals surface area contributed by atoms with Gasteiger partial charge in [0.2, 0.25) is 5.91 Å². The molecule has 0 unspecified atom stereocenters. The van der Waals surface area contributed by atoms with Gasteiger partial charge in [0.05, 0.1) is 0 Å². The first kappa shape index (κ1) is 12.9. The third-order valence-electron chi connectivity index (χ3n) is 3.29. The number of anilines is 1. The highest BCUT2D eigenvalue weighted by Crippen LogP contribution is 2.33. The van der Waals surface area contributed by atoms with Crippen LogP contribution in [0.4, 0.5) is 5.69 Å². The van der Waals surface area contributed by atoms with Crippen LogP contribution in [0.5, 0.6) is 0 Å². The van der Waals surface area contributed by atoms with E-state index in [2.05, 4.69) is 0 Å². The highest BCUT2D eigenvalue weighted by atomic mass is 16.2. The average molecular weight is 246 g/mol. The summed E-state index contributed by atoms with van der Waals surface area (Å²) < 4.78 is 0. The van der Waals surface area contributed by atoms with Crippen molar-refractivity contribution in [3.8, 4) is 0 Å². The number of benzene rings is 1. The van der Waals surface area contributed by atoms with Gasteiger partial charge in [0.25, 0.3) is 0 Å². The smallest absolute Gasteiger partial charge is 0.228 e. The third kappa shape index (κ3) is 2.84. The molecule has 2 rings (SSSR count). The van der Waals surface area contributed by atoms with E-state index >= 15 is 0 Å². The Labute approximate surface area is 109 Å². The fourth-order valence-corrected chi connectivity index (χ4v) is 2.05. The molecule has 1 aliphatic rings. The van der Waals surface area contributed by atoms with E-state index in [9.17, 15) is 4.79 Å². The number of carbonyl (C=O) groups is 1. The molecule has 2 N–H and O–H groups in total. The predicted octanol–water partition coefficient (Wildman–Crippen LogP) is 2.81. The summed E-state index contributed by atoms with van der Waals surface area (Å²) in [5.74, 6) is 0.216. The summed E-state index contributed by atoms with van der Waals surface area (Å²) in [4.78, 5) is 14.4. The van der Waals surface area contributed by atoms with Gasteiger partial charge in [-0.2, -0.15) is 0 Å². The van der Waals surface area contributed by atoms with Gasteiger partial charge in [0.1, 0.15) is 0 Å². The number of hydrogen-bond acceptors (Lipinski definition) is 2. The van der Waals surface area contributed by atoms with Crippen LogP contribution in [-0.4, -0.2) is 16.8 Å². The van der Waals surface area contributed by atoms with Gasteiger partial charge in [0, 0.05) is 23.7 Å². The summed E-state index contributed by atoms with van der Waals surface area (Å²) in [6.07, 6.45) is 2.24. The van der Waals surface area contributed by atoms with Gasteiger partial charge >= 0.3 is 0 Å². The normalized spacial score (nSPS) is 15.5. The largest absolute Gasteiger partial charge is 0.398 e. The van der Waals surface area contributed by atoms with Crippen LogP contribution in [0.1, 0.15) is 39.2 Å². The van der Waals surface area contributed by atoms with Gasteiger partial charge in [-0.25, -0.2) is 0 Å². The van der Waals surface area contributed by atoms with E-state index in [4.69, 9.17) is 5.73 Å². The number of nitrogen functional groups attached to an aromatic ring is 1. The van der Waals surface area contributed by atoms with Crippen molar-refractivity contribution in [1.29, 1.82) is 0 Å². The number of para-hydroxylation sites is 1. The maximum Gasteiger partial charge on any atom is 0.228 e. The fraction of sp³-hybridized carbons (Fsp3) is 0.533. The number of nitrogens with zero attached hydrogens (tertiary/aromatic N) is 1. The minimum atomic E-state index is -0.327. The van der Waals surface area contributed by atoms with Gasteiger partial charge in [-0.15, -0.1) is 0 Å². The minimum Gasteiger partial charge on any atom is -0.398 e. The van der Waals surface area contributed by atoms with E-state index in [0.29, 0.717) is 12.6 Å². The molecule has 1 aromatic rings. The molecule has 0 radical (unpaired) electrons. The van der Waals surface area contributed by atoms with Crippen molar-refractivity contribution in [1.82, 2.24) is 4.90 Å². The molecule has 0 saturated heterocycles. The van der Waals surface area contributed by atoms with Crippen LogP contribution in [0.25, 0.3) is 0 Å². The van der Waals surface area contributed by atoms with Crippen molar-refractivity contribution in [2.45, 2.75) is 46.2 Å². The van der Waals surface area contributed by atoms with Crippen LogP contribution in [0.3, 0.4) is 0 Å². The van der Waals surface area contributed by atoms with Crippen molar-refractivity contribution >= 4 is 11.6 Å². The lowest BCUT2D eigenvalue weighted by Crippen LogP contribution is -2.40. The quantitative estimate of drug-likeness (QED) is 0.834. The van der Waals surface area contributed by atoms with E-state index < -0.39 is 0 Å². The molecule has 3 heteroatoms. The van der Waals surface area contributed by atoms with Gasteiger partial charge in [0.15, 0.2) is 0 Å². The summed E-state index contributed by atoms with van der Waals surface area (Å²) >= 11 is 0. The van der Waals surface area contributed by atoms with Crippen LogP contribution in [-0.2, 0) is 11.3 Å². The molecule has 1 saturated carbocycles. The first-order valence-electron chi connectivity index (χ1n) is 6.54. The van der Waals surface area contributed by atoms with Crippen molar-refractivity contribution in [3.63, 3.8) is 0 Å². The van der Waals surface area contributed by atoms with Gasteiger partial charge in [-0.05, 0) is 24.5 Å². The van der Waals surface area contributed by atoms with Crippen LogP contribution < -0.4 is 5.73 Å². The maximum atomic E-state index is 12.4. The highest BCUT2D eigenvalue weighted by Gasteiger charge is 2.37. The van der Waals surface area contributed by atoms with E-state index in [1.165, 1.54) is 0 Å². The molecule has 0 aromatic heterocycles. The van der Waals surface area contributed by atoms with Gasteiger partial charge in [-0.1, -0.05) is 39.0 Å². The zero-order chi connectivity index (χ0) is 13.3. The second-order valence-electron chi connectivity index (χ2n) is 6.11. The molecular weight excluding hydrogens is 224 g/mol. The van der Waals surface area contributed by atoms with Crippen molar-refractivity contribution < 1.29 is 4.79 Å². The van der Waals surface area contributed by atoms with Crippen LogP contribution in [0, 0.1) is 5.41 Å². The van der Waals surface area contributed by atoms with Crippen LogP contribution >= 0.6 is 0 Å². The molecule has 0 atom stereocenters. The van der Waals surface area contributed by atoms with Crippen molar-refractivity contribution in [2.24, 2.45) is 5.41 Å². The Morgan fingerprint density at radius 3 is 2.44 bits per heavy atom. The lowest BCUT2D eigenvalue weighted by atomic mass is 9.94. The van der Waals surface area contributed by atoms with Crippen molar-refractivity contribution in [3.05, 3.63) is 29.8 Å². The fourth-order valence-electron chi connectivity index (χ4n) is 2.05. The molecule has 1 amide bonds. The maximum absolute atomic E-state index is 12.4. The Kier molecular flexibility index (Phi) is 3.33. The molecule has 1 aromatic carbocycles. The summed E-state index contributed by atoms with van der Waals surface area (Å²) in [6.45, 7) is 6.55. The molecule has 1 fully saturated rings. The minimum absolute atomic E-state index is 0.216. The van der Waals surface area contributed by atoms with Gasteiger partial charge < -0.3 is 10.6 Å². The summed E-state index contributed by atoms with van der Waals surface area (Å²) in [5, 5.41) is 0. The molecule has 0 heterocycles. The van der Waals surface area contributed by atoms with E-state index in [0.717, 1.165) is 24.1 Å². The number of hydrogen-bond donors (Lipinski definition) is 1. The Bertz CT molecular complexity index is 444. The molecular formula is C15H22N2O. The highest BCUT2D eigenvalue weighted by molar-refractivity contribution is 5.82. The number of nitrogens with two attached hydrogens (primary N) is 1. The Morgan fingerprint density at radius 1 is 1.33 bits per heavy atom. The zero-order valence-electron chi connectivity index (χ0n) is 11.4. The van der Waals surface area contributed by atoms with Crippen LogP contribution in [0.15, 0.2) is 24.3 Å². The first-order valence-corrected chi connectivity index (χ1v) is 6.54. The van der Waals surface area contributed by atoms with Gasteiger partial charge in [-0.3, -0.25) is 4.79 Å². The Morgan fingerprint density at radius 2 is 1.94 bits per heavy atom. The number of carbonyl (C=O) groups excluding carboxylic acids is 1. The SMILES string of the molecule is CC(C)(C)C(=O)N(Cc1ccccc1N)C1CC1. The van der Waals surface area contributed by atoms with E-state index in [-0.39, 0.29) is 11.3 Å². The van der Waals surface area contributed by atoms with Crippen LogP contribution in [0.2, 0.25) is 0 Å². The average Bonchev–Trinajstić information content (AvgIpc) is 3.10. The summed E-state index contributed by atoms with van der Waals surface area (Å²) in [7, 11) is 0. The molecule has 0 aliphatic heterocycles. The van der Waals surface area contributed by atoms with E-state index in [1.54, 1.807) is 0 Å². The lowest BCUT2D eigenvalue weighted by molar-refractivity contribution is -0.140. The second-order valence-corrected chi connectivity index (χ2v) is 6.11. The lowest BCUT2D eigenvalue weighted by Gasteiger charge is -2.30. The number of amides is 1. The Balaban J connectivity index is 2.17. The molecule has 98 valence electrons. The zero-order valence-corrected chi connectivity index (χ0v) is 11.4. The molecule has 0 spiro atoms. The third-order valence-corrected chi connectivity index (χ3v) is 3.29. The summed E-state index contributed by atoms with van der Waals surface area (Å²) in [5.41, 5.74) is 7.45. The molecule has 3 nitrogen and oxygen atoms in total. The summed E-state index contributed by atoms with van der Waals surface area (Å²) in [6, 6.07) is 8.20. The second kappa shape index (κ2) is 4.63. The monoisotopic (exact) mass is 246 g/mol. The van der Waals surface area contributed by atoms with E-state index in [1.807, 2.05) is 49.9 Å². The molecule has 18 heavy (non-hydrogen) atoms. The predicted molar refractivity (Wildman–Crippen MR) is 73.9 cm³/mol. The van der Waals surface area contributed by atoms with Crippen molar-refractivity contribution in [2.75, 3.05) is 5.73 Å². The number of rotatable bonds is 3. The first-order chi connectivity index (χ1) is 8.39.